The van der Waals surface area contributed by atoms with Crippen LogP contribution in [0, 0.1) is 10.1 Å². The highest BCUT2D eigenvalue weighted by molar-refractivity contribution is 5.69. The lowest BCUT2D eigenvalue weighted by atomic mass is 10.0. The van der Waals surface area contributed by atoms with Gasteiger partial charge in [0.25, 0.3) is 5.69 Å². The molecule has 2 rings (SSSR count). The van der Waals surface area contributed by atoms with Gasteiger partial charge in [-0.05, 0) is 41.8 Å². The second-order valence-corrected chi connectivity index (χ2v) is 4.39. The van der Waals surface area contributed by atoms with Gasteiger partial charge < -0.3 is 10.4 Å². The molecule has 20 heavy (non-hydrogen) atoms. The van der Waals surface area contributed by atoms with E-state index in [9.17, 15) is 10.1 Å². The van der Waals surface area contributed by atoms with Crippen LogP contribution in [0.15, 0.2) is 48.5 Å². The van der Waals surface area contributed by atoms with Crippen molar-refractivity contribution >= 4 is 11.4 Å². The van der Waals surface area contributed by atoms with Crippen molar-refractivity contribution in [2.45, 2.75) is 6.42 Å². The molecule has 0 amide bonds. The minimum atomic E-state index is -0.406. The van der Waals surface area contributed by atoms with E-state index in [4.69, 9.17) is 5.11 Å². The Bertz CT molecular complexity index is 582. The summed E-state index contributed by atoms with van der Waals surface area (Å²) in [6.45, 7) is 0.870. The van der Waals surface area contributed by atoms with Gasteiger partial charge in [0.1, 0.15) is 0 Å². The molecule has 2 aromatic carbocycles. The van der Waals surface area contributed by atoms with Crippen molar-refractivity contribution in [1.82, 2.24) is 0 Å². The zero-order valence-corrected chi connectivity index (χ0v) is 11.0. The summed E-state index contributed by atoms with van der Waals surface area (Å²) in [6.07, 6.45) is 0.696. The maximum Gasteiger partial charge on any atom is 0.269 e. The second-order valence-electron chi connectivity index (χ2n) is 4.39. The molecule has 2 N–H and O–H groups in total. The van der Waals surface area contributed by atoms with Crippen LogP contribution in [0.3, 0.4) is 0 Å². The first-order valence-corrected chi connectivity index (χ1v) is 6.40. The number of nitro benzene ring substituents is 1. The van der Waals surface area contributed by atoms with Gasteiger partial charge in [-0.2, -0.15) is 0 Å². The molecular weight excluding hydrogens is 256 g/mol. The number of rotatable bonds is 6. The predicted molar refractivity (Wildman–Crippen MR) is 78.7 cm³/mol. The summed E-state index contributed by atoms with van der Waals surface area (Å²) in [5.74, 6) is 0. The quantitative estimate of drug-likeness (QED) is 0.481. The van der Waals surface area contributed by atoms with E-state index < -0.39 is 4.92 Å². The van der Waals surface area contributed by atoms with E-state index in [0.717, 1.165) is 16.8 Å². The molecule has 0 radical (unpaired) electrons. The highest BCUT2D eigenvalue weighted by Crippen LogP contribution is 2.24. The number of nitrogens with zero attached hydrogens (tertiary/aromatic N) is 1. The number of benzene rings is 2. The predicted octanol–water partition coefficient (Wildman–Crippen LogP) is 3.06. The number of hydrogen-bond acceptors (Lipinski definition) is 4. The molecule has 0 saturated carbocycles. The molecule has 2 aromatic rings. The third-order valence-corrected chi connectivity index (χ3v) is 2.94. The molecule has 0 unspecified atom stereocenters. The number of hydrogen-bond donors (Lipinski definition) is 2. The van der Waals surface area contributed by atoms with Gasteiger partial charge in [-0.25, -0.2) is 0 Å². The third-order valence-electron chi connectivity index (χ3n) is 2.94. The highest BCUT2D eigenvalue weighted by Gasteiger charge is 2.05. The molecule has 0 atom stereocenters. The fraction of sp³-hybridized carbons (Fsp3) is 0.200. The lowest BCUT2D eigenvalue weighted by molar-refractivity contribution is -0.384. The van der Waals surface area contributed by atoms with Gasteiger partial charge in [0.05, 0.1) is 4.92 Å². The Morgan fingerprint density at radius 1 is 1.10 bits per heavy atom. The zero-order valence-electron chi connectivity index (χ0n) is 11.0. The van der Waals surface area contributed by atoms with E-state index in [1.165, 1.54) is 12.1 Å². The van der Waals surface area contributed by atoms with Crippen LogP contribution in [0.4, 0.5) is 11.4 Å². The van der Waals surface area contributed by atoms with Gasteiger partial charge in [0.2, 0.25) is 0 Å². The van der Waals surface area contributed by atoms with E-state index in [1.54, 1.807) is 12.1 Å². The molecule has 5 nitrogen and oxygen atoms in total. The van der Waals surface area contributed by atoms with Crippen molar-refractivity contribution < 1.29 is 10.0 Å². The van der Waals surface area contributed by atoms with Crippen molar-refractivity contribution in [2.75, 3.05) is 18.5 Å². The van der Waals surface area contributed by atoms with Gasteiger partial charge in [-0.3, -0.25) is 10.1 Å². The van der Waals surface area contributed by atoms with Crippen molar-refractivity contribution in [3.05, 3.63) is 58.6 Å². The summed E-state index contributed by atoms with van der Waals surface area (Å²) in [7, 11) is 0. The maximum atomic E-state index is 10.6. The largest absolute Gasteiger partial charge is 0.396 e. The normalized spacial score (nSPS) is 10.2. The Morgan fingerprint density at radius 2 is 1.85 bits per heavy atom. The average molecular weight is 272 g/mol. The SMILES string of the molecule is O=[N+]([O-])c1ccc(-c2cccc(NCCCO)c2)cc1. The van der Waals surface area contributed by atoms with Crippen molar-refractivity contribution in [1.29, 1.82) is 0 Å². The molecule has 0 fully saturated rings. The monoisotopic (exact) mass is 272 g/mol. The summed E-state index contributed by atoms with van der Waals surface area (Å²) in [6, 6.07) is 14.3. The molecule has 0 aromatic heterocycles. The van der Waals surface area contributed by atoms with Crippen LogP contribution in [0.5, 0.6) is 0 Å². The van der Waals surface area contributed by atoms with Gasteiger partial charge >= 0.3 is 0 Å². The van der Waals surface area contributed by atoms with E-state index in [2.05, 4.69) is 5.32 Å². The van der Waals surface area contributed by atoms with Gasteiger partial charge in [-0.15, -0.1) is 0 Å². The molecule has 0 aliphatic rings. The number of nitrogens with one attached hydrogen (secondary N) is 1. The van der Waals surface area contributed by atoms with Crippen molar-refractivity contribution in [2.24, 2.45) is 0 Å². The molecule has 0 aliphatic heterocycles. The highest BCUT2D eigenvalue weighted by atomic mass is 16.6. The topological polar surface area (TPSA) is 75.4 Å². The number of nitro groups is 1. The minimum Gasteiger partial charge on any atom is -0.396 e. The molecular formula is C15H16N2O3. The van der Waals surface area contributed by atoms with E-state index in [-0.39, 0.29) is 12.3 Å². The summed E-state index contributed by atoms with van der Waals surface area (Å²) >= 11 is 0. The molecule has 104 valence electrons. The zero-order chi connectivity index (χ0) is 14.4. The van der Waals surface area contributed by atoms with Crippen molar-refractivity contribution in [3.63, 3.8) is 0 Å². The number of aliphatic hydroxyl groups is 1. The summed E-state index contributed by atoms with van der Waals surface area (Å²) in [5.41, 5.74) is 2.98. The Kier molecular flexibility index (Phi) is 4.68. The van der Waals surface area contributed by atoms with Crippen LogP contribution in [0.2, 0.25) is 0 Å². The number of aliphatic hydroxyl groups excluding tert-OH is 1. The van der Waals surface area contributed by atoms with Gasteiger partial charge in [0, 0.05) is 31.0 Å². The standard InChI is InChI=1S/C15H16N2O3/c18-10-2-9-16-14-4-1-3-13(11-14)12-5-7-15(8-6-12)17(19)20/h1,3-8,11,16,18H,2,9-10H2. The smallest absolute Gasteiger partial charge is 0.269 e. The van der Waals surface area contributed by atoms with Crippen LogP contribution in [-0.2, 0) is 0 Å². The lowest BCUT2D eigenvalue weighted by Crippen LogP contribution is -2.03. The fourth-order valence-electron chi connectivity index (χ4n) is 1.90. The Balaban J connectivity index is 2.15. The Hall–Kier alpha value is -2.40. The summed E-state index contributed by atoms with van der Waals surface area (Å²) < 4.78 is 0. The first-order chi connectivity index (χ1) is 9.70. The summed E-state index contributed by atoms with van der Waals surface area (Å²) in [4.78, 5) is 10.2. The molecule has 0 aliphatic carbocycles. The maximum absolute atomic E-state index is 10.6. The molecule has 0 bridgehead atoms. The third kappa shape index (κ3) is 3.55. The average Bonchev–Trinajstić information content (AvgIpc) is 2.48. The van der Waals surface area contributed by atoms with Gasteiger partial charge in [-0.1, -0.05) is 12.1 Å². The molecule has 0 spiro atoms. The van der Waals surface area contributed by atoms with E-state index in [0.29, 0.717) is 13.0 Å². The van der Waals surface area contributed by atoms with Crippen LogP contribution < -0.4 is 5.32 Å². The van der Waals surface area contributed by atoms with Gasteiger partial charge in [0.15, 0.2) is 0 Å². The van der Waals surface area contributed by atoms with Crippen LogP contribution in [0.25, 0.3) is 11.1 Å². The van der Waals surface area contributed by atoms with Crippen LogP contribution in [-0.4, -0.2) is 23.2 Å². The lowest BCUT2D eigenvalue weighted by Gasteiger charge is -2.08. The molecule has 0 saturated heterocycles. The Morgan fingerprint density at radius 3 is 2.50 bits per heavy atom. The van der Waals surface area contributed by atoms with Crippen LogP contribution in [0.1, 0.15) is 6.42 Å². The molecule has 5 heteroatoms. The minimum absolute atomic E-state index is 0.0889. The Labute approximate surface area is 117 Å². The van der Waals surface area contributed by atoms with E-state index >= 15 is 0 Å². The van der Waals surface area contributed by atoms with Crippen molar-refractivity contribution in [3.8, 4) is 11.1 Å². The number of anilines is 1. The fourth-order valence-corrected chi connectivity index (χ4v) is 1.90. The first-order valence-electron chi connectivity index (χ1n) is 6.40. The summed E-state index contributed by atoms with van der Waals surface area (Å²) in [5, 5.41) is 22.6. The second kappa shape index (κ2) is 6.68. The number of non-ortho nitro benzene ring substituents is 1. The van der Waals surface area contributed by atoms with E-state index in [1.807, 2.05) is 24.3 Å². The first kappa shape index (κ1) is 14.0. The molecule has 0 heterocycles. The van der Waals surface area contributed by atoms with Crippen LogP contribution >= 0.6 is 0 Å².